The molecule has 0 bridgehead atoms. The number of sulfone groups is 1. The Morgan fingerprint density at radius 2 is 1.89 bits per heavy atom. The minimum absolute atomic E-state index is 0.0108. The first-order valence-corrected chi connectivity index (χ1v) is 6.14. The third-order valence-electron chi connectivity index (χ3n) is 1.14. The van der Waals surface area contributed by atoms with E-state index in [9.17, 15) is 12.6 Å². The van der Waals surface area contributed by atoms with Gasteiger partial charge >= 0.3 is 0 Å². The Morgan fingerprint density at radius 3 is 2.00 bits per heavy atom. The van der Waals surface area contributed by atoms with Gasteiger partial charge in [0, 0.05) is 0 Å². The van der Waals surface area contributed by atoms with Crippen molar-refractivity contribution in [2.75, 3.05) is 11.5 Å². The summed E-state index contributed by atoms with van der Waals surface area (Å²) in [6, 6.07) is 0. The van der Waals surface area contributed by atoms with E-state index >= 15 is 0 Å². The van der Waals surface area contributed by atoms with E-state index < -0.39 is 19.9 Å². The average Bonchev–Trinajstić information content (AvgIpc) is 1.59. The fourth-order valence-electron chi connectivity index (χ4n) is 0.625. The van der Waals surface area contributed by atoms with Gasteiger partial charge < -0.3 is 0 Å². The van der Waals surface area contributed by atoms with Gasteiger partial charge in [-0.2, -0.15) is 0 Å². The van der Waals surface area contributed by atoms with Crippen molar-refractivity contribution >= 4 is 30.5 Å². The molecule has 1 rings (SSSR count). The number of hydrogen-bond donors (Lipinski definition) is 0. The van der Waals surface area contributed by atoms with E-state index in [1.807, 2.05) is 0 Å². The Morgan fingerprint density at radius 1 is 1.44 bits per heavy atom. The summed E-state index contributed by atoms with van der Waals surface area (Å²) < 4.78 is 31.1. The summed E-state index contributed by atoms with van der Waals surface area (Å²) in [5.74, 6) is -0.0216. The topological polar surface area (TPSA) is 51.2 Å². The summed E-state index contributed by atoms with van der Waals surface area (Å²) in [4.78, 5) is 0. The molecular formula is C3H5ClO3S2. The van der Waals surface area contributed by atoms with Crippen LogP contribution >= 0.6 is 10.7 Å². The summed E-state index contributed by atoms with van der Waals surface area (Å²) in [7, 11) is 0.784. The number of hydrogen-bond acceptors (Lipinski definition) is 3. The van der Waals surface area contributed by atoms with E-state index in [0.29, 0.717) is 0 Å². The molecule has 0 radical (unpaired) electrons. The second-order valence-electron chi connectivity index (χ2n) is 1.95. The van der Waals surface area contributed by atoms with Crippen LogP contribution in [-0.2, 0) is 19.9 Å². The van der Waals surface area contributed by atoms with Crippen molar-refractivity contribution in [1.29, 1.82) is 0 Å². The first kappa shape index (κ1) is 7.50. The van der Waals surface area contributed by atoms with Crippen LogP contribution in [0.5, 0.6) is 0 Å². The zero-order chi connectivity index (χ0) is 7.07. The molecule has 1 atom stereocenters. The first-order chi connectivity index (χ1) is 4.01. The molecule has 0 saturated carbocycles. The molecule has 3 nitrogen and oxygen atoms in total. The second-order valence-corrected chi connectivity index (χ2v) is 6.18. The molecule has 1 aliphatic rings. The molecule has 1 heterocycles. The lowest BCUT2D eigenvalue weighted by atomic mass is 10.5. The standard InChI is InChI=1S/C3H5ClO3S2/c4-8(5)3-1-9(6,7)2-3/h3H,1-2H2. The molecule has 0 aromatic heterocycles. The van der Waals surface area contributed by atoms with E-state index in [1.165, 1.54) is 0 Å². The molecule has 6 heteroatoms. The van der Waals surface area contributed by atoms with E-state index in [4.69, 9.17) is 10.7 Å². The maximum Gasteiger partial charge on any atom is 0.152 e. The van der Waals surface area contributed by atoms with Crippen LogP contribution in [0.4, 0.5) is 0 Å². The first-order valence-electron chi connectivity index (χ1n) is 2.28. The third-order valence-corrected chi connectivity index (χ3v) is 5.00. The fraction of sp³-hybridized carbons (Fsp3) is 1.00. The molecule has 1 fully saturated rings. The molecule has 9 heavy (non-hydrogen) atoms. The maximum absolute atomic E-state index is 10.4. The Balaban J connectivity index is 2.55. The van der Waals surface area contributed by atoms with E-state index in [1.54, 1.807) is 0 Å². The number of halogens is 1. The summed E-state index contributed by atoms with van der Waals surface area (Å²) in [5.41, 5.74) is 0. The van der Waals surface area contributed by atoms with Crippen molar-refractivity contribution in [1.82, 2.24) is 0 Å². The van der Waals surface area contributed by atoms with Crippen LogP contribution in [0.3, 0.4) is 0 Å². The average molecular weight is 189 g/mol. The van der Waals surface area contributed by atoms with Crippen LogP contribution in [-0.4, -0.2) is 29.4 Å². The van der Waals surface area contributed by atoms with Crippen LogP contribution < -0.4 is 0 Å². The highest BCUT2D eigenvalue weighted by atomic mass is 35.7. The predicted molar refractivity (Wildman–Crippen MR) is 36.4 cm³/mol. The van der Waals surface area contributed by atoms with Gasteiger partial charge in [-0.25, -0.2) is 12.6 Å². The van der Waals surface area contributed by atoms with Crippen LogP contribution in [0.1, 0.15) is 0 Å². The van der Waals surface area contributed by atoms with Crippen LogP contribution in [0, 0.1) is 0 Å². The van der Waals surface area contributed by atoms with Gasteiger partial charge in [-0.1, -0.05) is 0 Å². The van der Waals surface area contributed by atoms with E-state index in [2.05, 4.69) is 0 Å². The van der Waals surface area contributed by atoms with Crippen molar-refractivity contribution < 1.29 is 12.6 Å². The smallest absolute Gasteiger partial charge is 0.152 e. The normalized spacial score (nSPS) is 29.0. The minimum atomic E-state index is -2.85. The lowest BCUT2D eigenvalue weighted by Crippen LogP contribution is -2.42. The van der Waals surface area contributed by atoms with Gasteiger partial charge in [-0.05, 0) is 10.7 Å². The molecule has 54 valence electrons. The SMILES string of the molecule is O=S(Cl)C1CS(=O)(=O)C1. The summed E-state index contributed by atoms with van der Waals surface area (Å²) in [6.45, 7) is 0. The van der Waals surface area contributed by atoms with Gasteiger partial charge in [0.1, 0.15) is 10.0 Å². The molecule has 1 aliphatic heterocycles. The number of rotatable bonds is 1. The van der Waals surface area contributed by atoms with Gasteiger partial charge in [0.25, 0.3) is 0 Å². The van der Waals surface area contributed by atoms with Gasteiger partial charge in [-0.15, -0.1) is 0 Å². The third kappa shape index (κ3) is 1.65. The van der Waals surface area contributed by atoms with Gasteiger partial charge in [0.15, 0.2) is 9.84 Å². The van der Waals surface area contributed by atoms with E-state index in [0.717, 1.165) is 0 Å². The summed E-state index contributed by atoms with van der Waals surface area (Å²) in [6.07, 6.45) is 0. The molecule has 0 N–H and O–H groups in total. The Labute approximate surface area is 60.3 Å². The van der Waals surface area contributed by atoms with Crippen molar-refractivity contribution in [3.63, 3.8) is 0 Å². The minimum Gasteiger partial charge on any atom is -0.242 e. The monoisotopic (exact) mass is 188 g/mol. The molecular weight excluding hydrogens is 184 g/mol. The highest BCUT2D eigenvalue weighted by molar-refractivity contribution is 8.11. The van der Waals surface area contributed by atoms with Gasteiger partial charge in [-0.3, -0.25) is 0 Å². The molecule has 0 aromatic carbocycles. The van der Waals surface area contributed by atoms with Crippen molar-refractivity contribution in [2.24, 2.45) is 0 Å². The molecule has 1 saturated heterocycles. The molecule has 0 aliphatic carbocycles. The largest absolute Gasteiger partial charge is 0.242 e. The second kappa shape index (κ2) is 2.21. The molecule has 0 aromatic rings. The highest BCUT2D eigenvalue weighted by Gasteiger charge is 2.37. The van der Waals surface area contributed by atoms with Crippen molar-refractivity contribution in [3.05, 3.63) is 0 Å². The van der Waals surface area contributed by atoms with Crippen LogP contribution in [0.15, 0.2) is 0 Å². The lowest BCUT2D eigenvalue weighted by molar-refractivity contribution is 0.579. The van der Waals surface area contributed by atoms with Crippen molar-refractivity contribution in [2.45, 2.75) is 5.25 Å². The van der Waals surface area contributed by atoms with E-state index in [-0.39, 0.29) is 16.8 Å². The quantitative estimate of drug-likeness (QED) is 0.531. The molecule has 1 unspecified atom stereocenters. The summed E-state index contributed by atoms with van der Waals surface area (Å²) in [5, 5.41) is -0.323. The Kier molecular flexibility index (Phi) is 1.84. The maximum atomic E-state index is 10.4. The predicted octanol–water partition coefficient (Wildman–Crippen LogP) is -0.314. The van der Waals surface area contributed by atoms with Crippen LogP contribution in [0.2, 0.25) is 0 Å². The lowest BCUT2D eigenvalue weighted by Gasteiger charge is -2.21. The Hall–Kier alpha value is 0.390. The highest BCUT2D eigenvalue weighted by Crippen LogP contribution is 2.17. The molecule has 0 amide bonds. The van der Waals surface area contributed by atoms with Crippen molar-refractivity contribution in [3.8, 4) is 0 Å². The zero-order valence-corrected chi connectivity index (χ0v) is 6.80. The fourth-order valence-corrected chi connectivity index (χ4v) is 4.69. The van der Waals surface area contributed by atoms with Gasteiger partial charge in [0.05, 0.1) is 16.8 Å². The zero-order valence-electron chi connectivity index (χ0n) is 4.41. The molecule has 0 spiro atoms. The Bertz CT molecular complexity index is 219. The van der Waals surface area contributed by atoms with Crippen LogP contribution in [0.25, 0.3) is 0 Å². The van der Waals surface area contributed by atoms with Gasteiger partial charge in [0.2, 0.25) is 0 Å². The summed E-state index contributed by atoms with van der Waals surface area (Å²) >= 11 is 0.